The molecule has 0 aliphatic carbocycles. The van der Waals surface area contributed by atoms with E-state index in [2.05, 4.69) is 5.32 Å². The lowest BCUT2D eigenvalue weighted by molar-refractivity contribution is -0.140. The topological polar surface area (TPSA) is 69.6 Å². The zero-order chi connectivity index (χ0) is 12.7. The van der Waals surface area contributed by atoms with Gasteiger partial charge < -0.3 is 15.5 Å². The van der Waals surface area contributed by atoms with E-state index in [0.29, 0.717) is 6.54 Å². The molecule has 0 spiro atoms. The van der Waals surface area contributed by atoms with Crippen molar-refractivity contribution in [2.75, 3.05) is 6.54 Å². The molecule has 2 atom stereocenters. The Kier molecular flexibility index (Phi) is 7.34. The molecule has 0 heterocycles. The van der Waals surface area contributed by atoms with Crippen molar-refractivity contribution in [3.63, 3.8) is 0 Å². The van der Waals surface area contributed by atoms with Gasteiger partial charge in [0.15, 0.2) is 0 Å². The molecule has 0 aromatic rings. The molecule has 0 rings (SSSR count). The predicted molar refractivity (Wildman–Crippen MR) is 64.3 cm³/mol. The minimum absolute atomic E-state index is 0.0198. The van der Waals surface area contributed by atoms with Gasteiger partial charge in [0.1, 0.15) is 6.04 Å². The number of hydrogen-bond acceptors (Lipinski definition) is 3. The third kappa shape index (κ3) is 4.94. The van der Waals surface area contributed by atoms with Crippen LogP contribution in [-0.4, -0.2) is 34.9 Å². The molecule has 0 aliphatic heterocycles. The van der Waals surface area contributed by atoms with Crippen LogP contribution in [-0.2, 0) is 4.79 Å². The molecule has 0 saturated heterocycles. The van der Waals surface area contributed by atoms with Crippen molar-refractivity contribution in [1.29, 1.82) is 0 Å². The molecule has 4 heteroatoms. The lowest BCUT2D eigenvalue weighted by atomic mass is 9.96. The maximum absolute atomic E-state index is 10.9. The Balaban J connectivity index is 4.15. The van der Waals surface area contributed by atoms with Crippen LogP contribution in [0, 0.1) is 11.8 Å². The Morgan fingerprint density at radius 3 is 2.06 bits per heavy atom. The third-order valence-electron chi connectivity index (χ3n) is 3.07. The van der Waals surface area contributed by atoms with Crippen molar-refractivity contribution >= 4 is 5.97 Å². The van der Waals surface area contributed by atoms with E-state index in [1.54, 1.807) is 0 Å². The van der Waals surface area contributed by atoms with Gasteiger partial charge in [0.05, 0.1) is 6.10 Å². The first kappa shape index (κ1) is 15.4. The fourth-order valence-corrected chi connectivity index (χ4v) is 1.86. The van der Waals surface area contributed by atoms with Gasteiger partial charge >= 0.3 is 5.97 Å². The number of aliphatic carboxylic acids is 1. The summed E-state index contributed by atoms with van der Waals surface area (Å²) in [4.78, 5) is 10.9. The van der Waals surface area contributed by atoms with Gasteiger partial charge in [-0.05, 0) is 11.8 Å². The standard InChI is InChI=1S/C12H25NO3/c1-5-9(6-2)10(14)7-13-11(8(3)4)12(15)16/h8-11,13-14H,5-7H2,1-4H3,(H,15,16). The summed E-state index contributed by atoms with van der Waals surface area (Å²) < 4.78 is 0. The van der Waals surface area contributed by atoms with Crippen molar-refractivity contribution in [3.05, 3.63) is 0 Å². The second kappa shape index (κ2) is 7.63. The normalized spacial score (nSPS) is 15.4. The van der Waals surface area contributed by atoms with Gasteiger partial charge in [-0.2, -0.15) is 0 Å². The quantitative estimate of drug-likeness (QED) is 0.592. The molecule has 0 aromatic heterocycles. The molecule has 16 heavy (non-hydrogen) atoms. The first-order chi connectivity index (χ1) is 7.43. The van der Waals surface area contributed by atoms with Gasteiger partial charge in [0, 0.05) is 6.54 Å². The fourth-order valence-electron chi connectivity index (χ4n) is 1.86. The molecule has 96 valence electrons. The summed E-state index contributed by atoms with van der Waals surface area (Å²) in [6.45, 7) is 8.13. The Morgan fingerprint density at radius 1 is 1.25 bits per heavy atom. The summed E-state index contributed by atoms with van der Waals surface area (Å²) in [5.74, 6) is -0.591. The Labute approximate surface area is 98.1 Å². The largest absolute Gasteiger partial charge is 0.480 e. The number of hydrogen-bond donors (Lipinski definition) is 3. The fraction of sp³-hybridized carbons (Fsp3) is 0.917. The lowest BCUT2D eigenvalue weighted by Gasteiger charge is -2.24. The minimum Gasteiger partial charge on any atom is -0.480 e. The second-order valence-electron chi connectivity index (χ2n) is 4.61. The van der Waals surface area contributed by atoms with Crippen LogP contribution >= 0.6 is 0 Å². The van der Waals surface area contributed by atoms with E-state index in [1.807, 2.05) is 27.7 Å². The smallest absolute Gasteiger partial charge is 0.320 e. The van der Waals surface area contributed by atoms with E-state index in [0.717, 1.165) is 12.8 Å². The van der Waals surface area contributed by atoms with Gasteiger partial charge in [0.2, 0.25) is 0 Å². The van der Waals surface area contributed by atoms with E-state index in [4.69, 9.17) is 5.11 Å². The lowest BCUT2D eigenvalue weighted by Crippen LogP contribution is -2.45. The molecular formula is C12H25NO3. The summed E-state index contributed by atoms with van der Waals surface area (Å²) in [5, 5.41) is 21.7. The van der Waals surface area contributed by atoms with E-state index < -0.39 is 18.1 Å². The zero-order valence-corrected chi connectivity index (χ0v) is 10.7. The van der Waals surface area contributed by atoms with Crippen molar-refractivity contribution in [2.45, 2.75) is 52.7 Å². The highest BCUT2D eigenvalue weighted by atomic mass is 16.4. The van der Waals surface area contributed by atoms with Crippen LogP contribution in [0.4, 0.5) is 0 Å². The SMILES string of the molecule is CCC(CC)C(O)CNC(C(=O)O)C(C)C. The molecule has 3 N–H and O–H groups in total. The maximum Gasteiger partial charge on any atom is 0.320 e. The summed E-state index contributed by atoms with van der Waals surface area (Å²) in [5.41, 5.74) is 0. The average Bonchev–Trinajstić information content (AvgIpc) is 2.18. The molecule has 0 aromatic carbocycles. The van der Waals surface area contributed by atoms with Crippen LogP contribution in [0.15, 0.2) is 0 Å². The highest BCUT2D eigenvalue weighted by Crippen LogP contribution is 2.13. The van der Waals surface area contributed by atoms with Crippen LogP contribution in [0.1, 0.15) is 40.5 Å². The van der Waals surface area contributed by atoms with Crippen LogP contribution in [0.25, 0.3) is 0 Å². The summed E-state index contributed by atoms with van der Waals surface area (Å²) >= 11 is 0. The number of nitrogens with one attached hydrogen (secondary N) is 1. The highest BCUT2D eigenvalue weighted by Gasteiger charge is 2.23. The first-order valence-corrected chi connectivity index (χ1v) is 6.08. The van der Waals surface area contributed by atoms with Gasteiger partial charge in [-0.15, -0.1) is 0 Å². The second-order valence-corrected chi connectivity index (χ2v) is 4.61. The highest BCUT2D eigenvalue weighted by molar-refractivity contribution is 5.73. The van der Waals surface area contributed by atoms with E-state index in [9.17, 15) is 9.90 Å². The Morgan fingerprint density at radius 2 is 1.75 bits per heavy atom. The van der Waals surface area contributed by atoms with Crippen molar-refractivity contribution in [3.8, 4) is 0 Å². The van der Waals surface area contributed by atoms with Crippen LogP contribution in [0.3, 0.4) is 0 Å². The number of carboxylic acids is 1. The number of aliphatic hydroxyl groups excluding tert-OH is 1. The summed E-state index contributed by atoms with van der Waals surface area (Å²) in [7, 11) is 0. The summed E-state index contributed by atoms with van der Waals surface area (Å²) in [6.07, 6.45) is 1.37. The molecular weight excluding hydrogens is 206 g/mol. The number of aliphatic hydroxyl groups is 1. The first-order valence-electron chi connectivity index (χ1n) is 6.08. The molecule has 0 radical (unpaired) electrons. The molecule has 0 saturated carbocycles. The van der Waals surface area contributed by atoms with Gasteiger partial charge in [-0.25, -0.2) is 0 Å². The molecule has 0 fully saturated rings. The van der Waals surface area contributed by atoms with Gasteiger partial charge in [-0.1, -0.05) is 40.5 Å². The van der Waals surface area contributed by atoms with Gasteiger partial charge in [-0.3, -0.25) is 4.79 Å². The predicted octanol–water partition coefficient (Wildman–Crippen LogP) is 1.48. The molecule has 0 bridgehead atoms. The van der Waals surface area contributed by atoms with Crippen LogP contribution < -0.4 is 5.32 Å². The average molecular weight is 231 g/mol. The van der Waals surface area contributed by atoms with Crippen LogP contribution in [0.2, 0.25) is 0 Å². The van der Waals surface area contributed by atoms with Crippen molar-refractivity contribution < 1.29 is 15.0 Å². The zero-order valence-electron chi connectivity index (χ0n) is 10.7. The summed E-state index contributed by atoms with van der Waals surface area (Å²) in [6, 6.07) is -0.580. The number of carboxylic acid groups (broad SMARTS) is 1. The number of rotatable bonds is 8. The monoisotopic (exact) mass is 231 g/mol. The minimum atomic E-state index is -0.855. The molecule has 4 nitrogen and oxygen atoms in total. The van der Waals surface area contributed by atoms with E-state index in [-0.39, 0.29) is 11.8 Å². The third-order valence-corrected chi connectivity index (χ3v) is 3.07. The van der Waals surface area contributed by atoms with Crippen molar-refractivity contribution in [1.82, 2.24) is 5.32 Å². The molecule has 0 aliphatic rings. The van der Waals surface area contributed by atoms with Gasteiger partial charge in [0.25, 0.3) is 0 Å². The Bertz CT molecular complexity index is 202. The van der Waals surface area contributed by atoms with Crippen molar-refractivity contribution in [2.24, 2.45) is 11.8 Å². The molecule has 2 unspecified atom stereocenters. The Hall–Kier alpha value is -0.610. The maximum atomic E-state index is 10.9. The van der Waals surface area contributed by atoms with E-state index in [1.165, 1.54) is 0 Å². The van der Waals surface area contributed by atoms with Crippen LogP contribution in [0.5, 0.6) is 0 Å². The van der Waals surface area contributed by atoms with E-state index >= 15 is 0 Å². The molecule has 0 amide bonds. The number of carbonyl (C=O) groups is 1.